The maximum atomic E-state index is 12.2. The van der Waals surface area contributed by atoms with Gasteiger partial charge in [-0.1, -0.05) is 46.3 Å². The van der Waals surface area contributed by atoms with E-state index in [-0.39, 0.29) is 10.9 Å². The summed E-state index contributed by atoms with van der Waals surface area (Å²) in [7, 11) is 1.28. The molecule has 24 heavy (non-hydrogen) atoms. The standard InChI is InChI=1S/C16H13N3O4S/c1-9-3-5-10(6-4-9)11-7-12(23-19-11)14(20)18-16-17-8-13(24-16)15(21)22-2/h3-8H,1-2H3,(H,17,18,20). The van der Waals surface area contributed by atoms with Crippen LogP contribution in [0.4, 0.5) is 5.13 Å². The van der Waals surface area contributed by atoms with Crippen molar-refractivity contribution in [1.82, 2.24) is 10.1 Å². The van der Waals surface area contributed by atoms with Gasteiger partial charge in [0.25, 0.3) is 5.91 Å². The van der Waals surface area contributed by atoms with Crippen LogP contribution in [0.15, 0.2) is 41.1 Å². The van der Waals surface area contributed by atoms with E-state index < -0.39 is 11.9 Å². The van der Waals surface area contributed by atoms with Gasteiger partial charge in [0.2, 0.25) is 5.76 Å². The van der Waals surface area contributed by atoms with Crippen LogP contribution in [-0.4, -0.2) is 29.1 Å². The lowest BCUT2D eigenvalue weighted by Crippen LogP contribution is -2.10. The third-order valence-corrected chi connectivity index (χ3v) is 4.09. The first kappa shape index (κ1) is 15.9. The molecule has 8 heteroatoms. The quantitative estimate of drug-likeness (QED) is 0.731. The molecule has 0 atom stereocenters. The summed E-state index contributed by atoms with van der Waals surface area (Å²) >= 11 is 1.01. The van der Waals surface area contributed by atoms with Gasteiger partial charge in [-0.2, -0.15) is 0 Å². The Bertz CT molecular complexity index is 883. The van der Waals surface area contributed by atoms with Crippen LogP contribution in [0.5, 0.6) is 0 Å². The number of benzene rings is 1. The van der Waals surface area contributed by atoms with Gasteiger partial charge in [0.15, 0.2) is 5.13 Å². The normalized spacial score (nSPS) is 10.4. The van der Waals surface area contributed by atoms with Crippen molar-refractivity contribution in [3.05, 3.63) is 52.7 Å². The van der Waals surface area contributed by atoms with Gasteiger partial charge in [-0.15, -0.1) is 0 Å². The van der Waals surface area contributed by atoms with Gasteiger partial charge in [0.1, 0.15) is 10.6 Å². The second-order valence-corrected chi connectivity index (χ2v) is 5.95. The smallest absolute Gasteiger partial charge is 0.349 e. The summed E-state index contributed by atoms with van der Waals surface area (Å²) in [4.78, 5) is 27.8. The number of carbonyl (C=O) groups is 2. The van der Waals surface area contributed by atoms with Crippen molar-refractivity contribution in [2.75, 3.05) is 12.4 Å². The number of aromatic nitrogens is 2. The number of hydrogen-bond donors (Lipinski definition) is 1. The molecule has 0 aliphatic heterocycles. The van der Waals surface area contributed by atoms with Crippen LogP contribution in [0.3, 0.4) is 0 Å². The largest absolute Gasteiger partial charge is 0.465 e. The number of methoxy groups -OCH3 is 1. The Morgan fingerprint density at radius 1 is 1.25 bits per heavy atom. The van der Waals surface area contributed by atoms with Crippen LogP contribution >= 0.6 is 11.3 Å². The average Bonchev–Trinajstić information content (AvgIpc) is 3.24. The molecule has 1 N–H and O–H groups in total. The lowest BCUT2D eigenvalue weighted by atomic mass is 10.1. The molecule has 3 aromatic rings. The Balaban J connectivity index is 1.73. The number of nitrogens with one attached hydrogen (secondary N) is 1. The number of hydrogen-bond acceptors (Lipinski definition) is 7. The number of ether oxygens (including phenoxy) is 1. The zero-order valence-electron chi connectivity index (χ0n) is 12.9. The van der Waals surface area contributed by atoms with Crippen molar-refractivity contribution >= 4 is 28.3 Å². The van der Waals surface area contributed by atoms with E-state index in [1.807, 2.05) is 31.2 Å². The highest BCUT2D eigenvalue weighted by Gasteiger charge is 2.17. The fourth-order valence-electron chi connectivity index (χ4n) is 1.93. The van der Waals surface area contributed by atoms with Crippen molar-refractivity contribution in [3.63, 3.8) is 0 Å². The molecule has 3 rings (SSSR count). The first-order valence-corrected chi connectivity index (χ1v) is 7.77. The minimum atomic E-state index is -0.505. The second kappa shape index (κ2) is 6.63. The summed E-state index contributed by atoms with van der Waals surface area (Å²) in [6.07, 6.45) is 1.34. The van der Waals surface area contributed by atoms with E-state index in [1.165, 1.54) is 13.3 Å². The van der Waals surface area contributed by atoms with Gasteiger partial charge in [0, 0.05) is 11.6 Å². The Hall–Kier alpha value is -3.00. The maximum absolute atomic E-state index is 12.2. The fraction of sp³-hybridized carbons (Fsp3) is 0.125. The highest BCUT2D eigenvalue weighted by molar-refractivity contribution is 7.17. The molecule has 0 spiro atoms. The van der Waals surface area contributed by atoms with E-state index in [9.17, 15) is 9.59 Å². The lowest BCUT2D eigenvalue weighted by molar-refractivity contribution is 0.0606. The molecule has 122 valence electrons. The molecule has 0 bridgehead atoms. The topological polar surface area (TPSA) is 94.3 Å². The van der Waals surface area contributed by atoms with Gasteiger partial charge in [-0.05, 0) is 6.92 Å². The van der Waals surface area contributed by atoms with Crippen molar-refractivity contribution < 1.29 is 18.8 Å². The summed E-state index contributed by atoms with van der Waals surface area (Å²) in [5.41, 5.74) is 2.55. The Morgan fingerprint density at radius 2 is 2.00 bits per heavy atom. The Morgan fingerprint density at radius 3 is 2.71 bits per heavy atom. The third-order valence-electron chi connectivity index (χ3n) is 3.19. The number of amides is 1. The maximum Gasteiger partial charge on any atom is 0.349 e. The van der Waals surface area contributed by atoms with Gasteiger partial charge < -0.3 is 9.26 Å². The molecule has 1 amide bonds. The highest BCUT2D eigenvalue weighted by atomic mass is 32.1. The second-order valence-electron chi connectivity index (χ2n) is 4.92. The summed E-state index contributed by atoms with van der Waals surface area (Å²) in [6, 6.07) is 9.26. The predicted octanol–water partition coefficient (Wildman–Crippen LogP) is 3.15. The van der Waals surface area contributed by atoms with E-state index in [2.05, 4.69) is 20.2 Å². The number of aryl methyl sites for hydroxylation is 1. The molecular formula is C16H13N3O4S. The third kappa shape index (κ3) is 3.33. The van der Waals surface area contributed by atoms with E-state index in [0.717, 1.165) is 22.5 Å². The molecule has 0 saturated carbocycles. The summed E-state index contributed by atoms with van der Waals surface area (Å²) in [5.74, 6) is -0.943. The highest BCUT2D eigenvalue weighted by Crippen LogP contribution is 2.22. The summed E-state index contributed by atoms with van der Waals surface area (Å²) in [5, 5.41) is 6.73. The molecule has 0 aliphatic rings. The van der Waals surface area contributed by atoms with Crippen molar-refractivity contribution in [1.29, 1.82) is 0 Å². The van der Waals surface area contributed by atoms with Crippen LogP contribution in [0.25, 0.3) is 11.3 Å². The summed E-state index contributed by atoms with van der Waals surface area (Å²) < 4.78 is 9.67. The molecule has 0 aliphatic carbocycles. The van der Waals surface area contributed by atoms with Gasteiger partial charge in [-0.25, -0.2) is 9.78 Å². The molecule has 0 saturated heterocycles. The van der Waals surface area contributed by atoms with Crippen LogP contribution in [0.1, 0.15) is 25.8 Å². The van der Waals surface area contributed by atoms with Crippen LogP contribution in [-0.2, 0) is 4.74 Å². The number of esters is 1. The Labute approximate surface area is 141 Å². The number of anilines is 1. The van der Waals surface area contributed by atoms with Crippen LogP contribution in [0.2, 0.25) is 0 Å². The monoisotopic (exact) mass is 343 g/mol. The molecule has 0 unspecified atom stereocenters. The molecular weight excluding hydrogens is 330 g/mol. The minimum absolute atomic E-state index is 0.0559. The molecule has 2 aromatic heterocycles. The molecule has 1 aromatic carbocycles. The summed E-state index contributed by atoms with van der Waals surface area (Å²) in [6.45, 7) is 1.99. The SMILES string of the molecule is COC(=O)c1cnc(NC(=O)c2cc(-c3ccc(C)cc3)no2)s1. The van der Waals surface area contributed by atoms with Crippen LogP contribution in [0, 0.1) is 6.92 Å². The predicted molar refractivity (Wildman–Crippen MR) is 88.1 cm³/mol. The first-order chi connectivity index (χ1) is 11.6. The van der Waals surface area contributed by atoms with Crippen molar-refractivity contribution in [2.24, 2.45) is 0 Å². The van der Waals surface area contributed by atoms with Crippen LogP contribution < -0.4 is 5.32 Å². The van der Waals surface area contributed by atoms with E-state index in [4.69, 9.17) is 4.52 Å². The van der Waals surface area contributed by atoms with E-state index >= 15 is 0 Å². The first-order valence-electron chi connectivity index (χ1n) is 6.96. The van der Waals surface area contributed by atoms with Gasteiger partial charge >= 0.3 is 5.97 Å². The number of thiazole rings is 1. The molecule has 0 fully saturated rings. The lowest BCUT2D eigenvalue weighted by Gasteiger charge is -1.96. The average molecular weight is 343 g/mol. The molecule has 0 radical (unpaired) electrons. The minimum Gasteiger partial charge on any atom is -0.465 e. The van der Waals surface area contributed by atoms with E-state index in [1.54, 1.807) is 6.07 Å². The van der Waals surface area contributed by atoms with Gasteiger partial charge in [0.05, 0.1) is 13.3 Å². The Kier molecular flexibility index (Phi) is 4.39. The molecule has 2 heterocycles. The van der Waals surface area contributed by atoms with E-state index in [0.29, 0.717) is 10.6 Å². The van der Waals surface area contributed by atoms with Gasteiger partial charge in [-0.3, -0.25) is 10.1 Å². The number of carbonyl (C=O) groups excluding carboxylic acids is 2. The molecule has 7 nitrogen and oxygen atoms in total. The zero-order chi connectivity index (χ0) is 17.1. The fourth-order valence-corrected chi connectivity index (χ4v) is 2.66. The number of rotatable bonds is 4. The van der Waals surface area contributed by atoms with Crippen molar-refractivity contribution in [3.8, 4) is 11.3 Å². The zero-order valence-corrected chi connectivity index (χ0v) is 13.7. The number of nitrogens with zero attached hydrogens (tertiary/aromatic N) is 2. The van der Waals surface area contributed by atoms with Crippen molar-refractivity contribution in [2.45, 2.75) is 6.92 Å².